The molecule has 4 aromatic rings. The zero-order valence-electron chi connectivity index (χ0n) is 19.1. The highest BCUT2D eigenvalue weighted by Gasteiger charge is 2.21. The van der Waals surface area contributed by atoms with Gasteiger partial charge in [-0.1, -0.05) is 53.6 Å². The molecule has 2 aromatic heterocycles. The van der Waals surface area contributed by atoms with E-state index in [1.54, 1.807) is 0 Å². The molecule has 33 heavy (non-hydrogen) atoms. The third-order valence-electron chi connectivity index (χ3n) is 4.99. The molecule has 1 atom stereocenters. The van der Waals surface area contributed by atoms with Gasteiger partial charge in [-0.15, -0.1) is 5.10 Å². The number of nitrogens with one attached hydrogen (secondary N) is 3. The topological polar surface area (TPSA) is 110 Å². The number of carbonyl (C=O) groups excluding carboxylic acids is 1. The third kappa shape index (κ3) is 6.31. The zero-order valence-corrected chi connectivity index (χ0v) is 19.1. The van der Waals surface area contributed by atoms with E-state index in [0.717, 1.165) is 22.0 Å². The van der Waals surface area contributed by atoms with Crippen LogP contribution in [0.25, 0.3) is 10.9 Å². The molecule has 2 aromatic carbocycles. The summed E-state index contributed by atoms with van der Waals surface area (Å²) in [4.78, 5) is 17.3. The van der Waals surface area contributed by atoms with E-state index >= 15 is 0 Å². The standard InChI is InChI=1S/C24H29N7O2/c1-24(2,3)33-23(32)27-19(13-18-14-25-21-12-8-7-11-20(18)21)15-26-22-28-30-31(29-22)16-17-9-5-4-6-10-17/h4-12,14,19,25H,13,15-16H2,1-3H3,(H,26,29)(H,27,32)/t19-/m0/s1. The lowest BCUT2D eigenvalue weighted by Gasteiger charge is -2.23. The Balaban J connectivity index is 1.43. The fourth-order valence-electron chi connectivity index (χ4n) is 3.56. The van der Waals surface area contributed by atoms with Gasteiger partial charge in [-0.05, 0) is 49.6 Å². The summed E-state index contributed by atoms with van der Waals surface area (Å²) >= 11 is 0. The molecular formula is C24H29N7O2. The number of ether oxygens (including phenoxy) is 1. The molecule has 4 rings (SSSR count). The van der Waals surface area contributed by atoms with Crippen molar-refractivity contribution in [2.75, 3.05) is 11.9 Å². The SMILES string of the molecule is CC(C)(C)OC(=O)N[C@H](CNc1nnn(Cc2ccccc2)n1)Cc1c[nH]c2ccccc12. The monoisotopic (exact) mass is 447 g/mol. The van der Waals surface area contributed by atoms with Crippen LogP contribution in [0.15, 0.2) is 60.8 Å². The molecule has 0 saturated heterocycles. The first-order valence-electron chi connectivity index (χ1n) is 11.0. The Kier molecular flexibility index (Phi) is 6.58. The molecule has 0 fully saturated rings. The predicted molar refractivity (Wildman–Crippen MR) is 127 cm³/mol. The number of anilines is 1. The van der Waals surface area contributed by atoms with Crippen molar-refractivity contribution < 1.29 is 9.53 Å². The summed E-state index contributed by atoms with van der Waals surface area (Å²) in [5.41, 5.74) is 2.67. The predicted octanol–water partition coefficient (Wildman–Crippen LogP) is 3.75. The zero-order chi connectivity index (χ0) is 23.3. The minimum absolute atomic E-state index is 0.250. The second-order valence-corrected chi connectivity index (χ2v) is 8.92. The van der Waals surface area contributed by atoms with E-state index in [-0.39, 0.29) is 6.04 Å². The second kappa shape index (κ2) is 9.72. The van der Waals surface area contributed by atoms with E-state index in [0.29, 0.717) is 25.5 Å². The molecule has 0 aliphatic rings. The van der Waals surface area contributed by atoms with Gasteiger partial charge in [0, 0.05) is 23.6 Å². The summed E-state index contributed by atoms with van der Waals surface area (Å²) < 4.78 is 5.46. The Morgan fingerprint density at radius 1 is 1.12 bits per heavy atom. The molecule has 0 spiro atoms. The lowest BCUT2D eigenvalue weighted by molar-refractivity contribution is 0.0507. The summed E-state index contributed by atoms with van der Waals surface area (Å²) in [7, 11) is 0. The van der Waals surface area contributed by atoms with Crippen molar-refractivity contribution in [1.82, 2.24) is 30.5 Å². The first kappa shape index (κ1) is 22.3. The number of tetrazole rings is 1. The fraction of sp³-hybridized carbons (Fsp3) is 0.333. The molecule has 0 bridgehead atoms. The lowest BCUT2D eigenvalue weighted by Crippen LogP contribution is -2.43. The maximum absolute atomic E-state index is 12.5. The van der Waals surface area contributed by atoms with E-state index in [1.807, 2.05) is 75.5 Å². The molecule has 9 heteroatoms. The Morgan fingerprint density at radius 3 is 2.67 bits per heavy atom. The largest absolute Gasteiger partial charge is 0.444 e. The minimum Gasteiger partial charge on any atom is -0.444 e. The van der Waals surface area contributed by atoms with Gasteiger partial charge in [0.2, 0.25) is 0 Å². The number of benzene rings is 2. The van der Waals surface area contributed by atoms with Crippen molar-refractivity contribution in [3.05, 3.63) is 71.9 Å². The van der Waals surface area contributed by atoms with Crippen LogP contribution >= 0.6 is 0 Å². The molecule has 0 aliphatic carbocycles. The Bertz CT molecular complexity index is 1190. The van der Waals surface area contributed by atoms with E-state index in [2.05, 4.69) is 37.1 Å². The number of hydrogen-bond donors (Lipinski definition) is 3. The number of alkyl carbamates (subject to hydrolysis) is 1. The van der Waals surface area contributed by atoms with Gasteiger partial charge in [0.1, 0.15) is 5.60 Å². The number of aromatic amines is 1. The number of carbonyl (C=O) groups is 1. The number of nitrogens with zero attached hydrogens (tertiary/aromatic N) is 4. The maximum atomic E-state index is 12.5. The van der Waals surface area contributed by atoms with Crippen molar-refractivity contribution >= 4 is 22.9 Å². The summed E-state index contributed by atoms with van der Waals surface area (Å²) in [6, 6.07) is 17.8. The summed E-state index contributed by atoms with van der Waals surface area (Å²) in [6.45, 7) is 6.47. The van der Waals surface area contributed by atoms with Crippen molar-refractivity contribution in [1.29, 1.82) is 0 Å². The van der Waals surface area contributed by atoms with E-state index in [1.165, 1.54) is 4.80 Å². The number of aromatic nitrogens is 5. The van der Waals surface area contributed by atoms with Crippen LogP contribution in [-0.4, -0.2) is 49.5 Å². The lowest BCUT2D eigenvalue weighted by atomic mass is 10.0. The van der Waals surface area contributed by atoms with Gasteiger partial charge >= 0.3 is 6.09 Å². The minimum atomic E-state index is -0.579. The van der Waals surface area contributed by atoms with Crippen molar-refractivity contribution in [2.24, 2.45) is 0 Å². The molecule has 2 heterocycles. The molecule has 0 unspecified atom stereocenters. The van der Waals surface area contributed by atoms with Gasteiger partial charge in [-0.2, -0.15) is 4.80 Å². The third-order valence-corrected chi connectivity index (χ3v) is 4.99. The Hall–Kier alpha value is -3.88. The quantitative estimate of drug-likeness (QED) is 0.379. The number of H-pyrrole nitrogens is 1. The number of rotatable bonds is 8. The van der Waals surface area contributed by atoms with E-state index in [4.69, 9.17) is 4.74 Å². The second-order valence-electron chi connectivity index (χ2n) is 8.92. The number of fused-ring (bicyclic) bond motifs is 1. The average Bonchev–Trinajstić information content (AvgIpc) is 3.38. The van der Waals surface area contributed by atoms with Crippen LogP contribution in [0.4, 0.5) is 10.7 Å². The molecule has 172 valence electrons. The average molecular weight is 448 g/mol. The van der Waals surface area contributed by atoms with Crippen LogP contribution in [-0.2, 0) is 17.7 Å². The van der Waals surface area contributed by atoms with Crippen molar-refractivity contribution in [3.63, 3.8) is 0 Å². The van der Waals surface area contributed by atoms with Crippen LogP contribution < -0.4 is 10.6 Å². The van der Waals surface area contributed by atoms with Crippen LogP contribution in [0.2, 0.25) is 0 Å². The molecular weight excluding hydrogens is 418 g/mol. The van der Waals surface area contributed by atoms with Gasteiger partial charge in [0.25, 0.3) is 5.95 Å². The number of hydrogen-bond acceptors (Lipinski definition) is 6. The first-order valence-corrected chi connectivity index (χ1v) is 11.0. The smallest absolute Gasteiger partial charge is 0.407 e. The van der Waals surface area contributed by atoms with Crippen molar-refractivity contribution in [2.45, 2.75) is 45.4 Å². The van der Waals surface area contributed by atoms with Gasteiger partial charge in [-0.3, -0.25) is 0 Å². The molecule has 0 radical (unpaired) electrons. The van der Waals surface area contributed by atoms with Crippen molar-refractivity contribution in [3.8, 4) is 0 Å². The van der Waals surface area contributed by atoms with Crippen LogP contribution in [0.3, 0.4) is 0 Å². The Morgan fingerprint density at radius 2 is 1.88 bits per heavy atom. The van der Waals surface area contributed by atoms with Crippen LogP contribution in [0, 0.1) is 0 Å². The Labute approximate surface area is 192 Å². The summed E-state index contributed by atoms with van der Waals surface area (Å²) in [5, 5.41) is 19.9. The summed E-state index contributed by atoms with van der Waals surface area (Å²) in [5.74, 6) is 0.404. The molecule has 3 N–H and O–H groups in total. The molecule has 1 amide bonds. The van der Waals surface area contributed by atoms with E-state index < -0.39 is 11.7 Å². The highest BCUT2D eigenvalue weighted by molar-refractivity contribution is 5.83. The highest BCUT2D eigenvalue weighted by Crippen LogP contribution is 2.19. The normalized spacial score (nSPS) is 12.5. The van der Waals surface area contributed by atoms with Gasteiger partial charge in [0.15, 0.2) is 0 Å². The van der Waals surface area contributed by atoms with Crippen LogP contribution in [0.1, 0.15) is 31.9 Å². The summed E-state index contributed by atoms with van der Waals surface area (Å²) in [6.07, 6.45) is 2.12. The van der Waals surface area contributed by atoms with Gasteiger partial charge in [-0.25, -0.2) is 4.79 Å². The molecule has 0 saturated carbocycles. The van der Waals surface area contributed by atoms with Gasteiger partial charge in [0.05, 0.1) is 12.6 Å². The number of para-hydroxylation sites is 1. The maximum Gasteiger partial charge on any atom is 0.407 e. The number of amides is 1. The van der Waals surface area contributed by atoms with E-state index in [9.17, 15) is 4.79 Å². The highest BCUT2D eigenvalue weighted by atomic mass is 16.6. The molecule has 9 nitrogen and oxygen atoms in total. The first-order chi connectivity index (χ1) is 15.9. The molecule has 0 aliphatic heterocycles. The fourth-order valence-corrected chi connectivity index (χ4v) is 3.56. The van der Waals surface area contributed by atoms with Gasteiger partial charge < -0.3 is 20.4 Å². The van der Waals surface area contributed by atoms with Crippen LogP contribution in [0.5, 0.6) is 0 Å².